The van der Waals surface area contributed by atoms with Crippen molar-refractivity contribution in [1.82, 2.24) is 20.4 Å². The molecule has 10 heteroatoms. The van der Waals surface area contributed by atoms with Crippen LogP contribution >= 0.6 is 0 Å². The van der Waals surface area contributed by atoms with Gasteiger partial charge < -0.3 is 15.2 Å². The summed E-state index contributed by atoms with van der Waals surface area (Å²) in [4.78, 5) is 38.9. The standard InChI is InChI=1S/C30H29N5O5/c1-35(16-19-9-3-2-4-10-19)17-26(29(37)38)31-28(36)25-15-27(34-33-25)32-30(39)40-18-24-22-13-7-5-11-20(22)21-12-6-8-14-23(21)24/h2-15,24,26H,16-18H2,1H3,(H,31,36)(H,37,38)(H2,32,33,34,39). The van der Waals surface area contributed by atoms with Crippen molar-refractivity contribution in [2.75, 3.05) is 25.5 Å². The minimum absolute atomic E-state index is 0.00547. The number of amides is 2. The van der Waals surface area contributed by atoms with Crippen molar-refractivity contribution >= 4 is 23.8 Å². The maximum atomic E-state index is 12.7. The number of carboxylic acid groups (broad SMARTS) is 1. The Kier molecular flexibility index (Phi) is 7.88. The molecule has 3 aromatic carbocycles. The molecule has 2 amide bonds. The number of hydrogen-bond donors (Lipinski definition) is 4. The van der Waals surface area contributed by atoms with E-state index < -0.39 is 24.0 Å². The number of H-pyrrole nitrogens is 1. The van der Waals surface area contributed by atoms with E-state index in [0.29, 0.717) is 6.54 Å². The summed E-state index contributed by atoms with van der Waals surface area (Å²) in [6.45, 7) is 0.752. The van der Waals surface area contributed by atoms with Crippen molar-refractivity contribution in [1.29, 1.82) is 0 Å². The molecule has 1 heterocycles. The largest absolute Gasteiger partial charge is 0.480 e. The number of nitrogens with one attached hydrogen (secondary N) is 3. The second kappa shape index (κ2) is 11.8. The molecule has 204 valence electrons. The molecular formula is C30H29N5O5. The van der Waals surface area contributed by atoms with Crippen LogP contribution in [0.25, 0.3) is 11.1 Å². The molecule has 4 aromatic rings. The maximum Gasteiger partial charge on any atom is 0.412 e. The summed E-state index contributed by atoms with van der Waals surface area (Å²) in [6, 6.07) is 25.9. The Balaban J connectivity index is 1.15. The van der Waals surface area contributed by atoms with Gasteiger partial charge in [0, 0.05) is 25.1 Å². The summed E-state index contributed by atoms with van der Waals surface area (Å²) in [7, 11) is 1.78. The van der Waals surface area contributed by atoms with Crippen LogP contribution in [-0.2, 0) is 16.1 Å². The molecule has 5 rings (SSSR count). The van der Waals surface area contributed by atoms with Gasteiger partial charge >= 0.3 is 12.1 Å². The van der Waals surface area contributed by atoms with Gasteiger partial charge in [-0.25, -0.2) is 9.59 Å². The highest BCUT2D eigenvalue weighted by Gasteiger charge is 2.29. The van der Waals surface area contributed by atoms with Crippen molar-refractivity contribution in [3.63, 3.8) is 0 Å². The highest BCUT2D eigenvalue weighted by Crippen LogP contribution is 2.44. The van der Waals surface area contributed by atoms with Crippen LogP contribution in [-0.4, -0.2) is 64.4 Å². The lowest BCUT2D eigenvalue weighted by Gasteiger charge is -2.22. The molecule has 1 aliphatic carbocycles. The lowest BCUT2D eigenvalue weighted by atomic mass is 9.98. The Hall–Kier alpha value is -4.96. The molecule has 0 radical (unpaired) electrons. The number of carbonyl (C=O) groups is 3. The van der Waals surface area contributed by atoms with Crippen LogP contribution < -0.4 is 10.6 Å². The van der Waals surface area contributed by atoms with Crippen molar-refractivity contribution in [2.45, 2.75) is 18.5 Å². The van der Waals surface area contributed by atoms with Gasteiger partial charge in [0.25, 0.3) is 5.91 Å². The molecule has 0 aliphatic heterocycles. The molecule has 40 heavy (non-hydrogen) atoms. The number of ether oxygens (including phenoxy) is 1. The zero-order valence-corrected chi connectivity index (χ0v) is 21.8. The fourth-order valence-electron chi connectivity index (χ4n) is 4.93. The molecule has 4 N–H and O–H groups in total. The molecule has 1 aromatic heterocycles. The first kappa shape index (κ1) is 26.6. The van der Waals surface area contributed by atoms with Gasteiger partial charge in [-0.15, -0.1) is 0 Å². The molecule has 0 saturated carbocycles. The molecule has 0 spiro atoms. The van der Waals surface area contributed by atoms with Gasteiger partial charge in [0.2, 0.25) is 0 Å². The smallest absolute Gasteiger partial charge is 0.412 e. The van der Waals surface area contributed by atoms with Crippen LogP contribution in [0.4, 0.5) is 10.6 Å². The predicted octanol–water partition coefficient (Wildman–Crippen LogP) is 4.09. The van der Waals surface area contributed by atoms with Crippen molar-refractivity contribution < 1.29 is 24.2 Å². The normalized spacial score (nSPS) is 12.8. The monoisotopic (exact) mass is 539 g/mol. The molecule has 0 saturated heterocycles. The maximum absolute atomic E-state index is 12.7. The van der Waals surface area contributed by atoms with E-state index in [2.05, 4.69) is 33.0 Å². The third-order valence-electron chi connectivity index (χ3n) is 6.79. The lowest BCUT2D eigenvalue weighted by Crippen LogP contribution is -2.47. The predicted molar refractivity (Wildman–Crippen MR) is 149 cm³/mol. The number of hydrogen-bond acceptors (Lipinski definition) is 6. The summed E-state index contributed by atoms with van der Waals surface area (Å²) in [5.41, 5.74) is 5.47. The van der Waals surface area contributed by atoms with Gasteiger partial charge in [-0.05, 0) is 34.9 Å². The quantitative estimate of drug-likeness (QED) is 0.238. The number of rotatable bonds is 10. The van der Waals surface area contributed by atoms with Gasteiger partial charge in [-0.1, -0.05) is 78.9 Å². The minimum atomic E-state index is -1.16. The number of aromatic nitrogens is 2. The molecule has 1 atom stereocenters. The summed E-state index contributed by atoms with van der Waals surface area (Å²) in [6.07, 6.45) is -0.716. The van der Waals surface area contributed by atoms with Crippen LogP contribution in [0.15, 0.2) is 84.9 Å². The fraction of sp³-hybridized carbons (Fsp3) is 0.200. The Labute approximate surface area is 231 Å². The number of aromatic amines is 1. The number of carboxylic acids is 1. The molecule has 0 bridgehead atoms. The molecule has 1 aliphatic rings. The number of aliphatic carboxylic acids is 1. The van der Waals surface area contributed by atoms with Crippen molar-refractivity contribution in [2.24, 2.45) is 0 Å². The number of benzene rings is 3. The van der Waals surface area contributed by atoms with Gasteiger partial charge in [0.05, 0.1) is 0 Å². The van der Waals surface area contributed by atoms with Crippen LogP contribution in [0, 0.1) is 0 Å². The summed E-state index contributed by atoms with van der Waals surface area (Å²) >= 11 is 0. The van der Waals surface area contributed by atoms with Crippen LogP contribution in [0.1, 0.15) is 33.1 Å². The van der Waals surface area contributed by atoms with E-state index in [1.54, 1.807) is 7.05 Å². The average Bonchev–Trinajstić information content (AvgIpc) is 3.54. The lowest BCUT2D eigenvalue weighted by molar-refractivity contribution is -0.139. The zero-order valence-electron chi connectivity index (χ0n) is 21.8. The van der Waals surface area contributed by atoms with Gasteiger partial charge in [-0.3, -0.25) is 20.1 Å². The second-order valence-corrected chi connectivity index (χ2v) is 9.66. The Morgan fingerprint density at radius 2 is 1.60 bits per heavy atom. The molecule has 1 unspecified atom stereocenters. The first-order valence-electron chi connectivity index (χ1n) is 12.8. The van der Waals surface area contributed by atoms with E-state index in [9.17, 15) is 19.5 Å². The van der Waals surface area contributed by atoms with E-state index >= 15 is 0 Å². The van der Waals surface area contributed by atoms with E-state index in [0.717, 1.165) is 27.8 Å². The highest BCUT2D eigenvalue weighted by molar-refractivity contribution is 5.96. The molecule has 0 fully saturated rings. The number of likely N-dealkylation sites (N-methyl/N-ethyl adjacent to an activating group) is 1. The van der Waals surface area contributed by atoms with E-state index in [1.807, 2.05) is 71.6 Å². The van der Waals surface area contributed by atoms with Crippen LogP contribution in [0.2, 0.25) is 0 Å². The number of anilines is 1. The summed E-state index contributed by atoms with van der Waals surface area (Å²) in [5, 5.41) is 21.1. The number of fused-ring (bicyclic) bond motifs is 3. The third-order valence-corrected chi connectivity index (χ3v) is 6.79. The first-order valence-corrected chi connectivity index (χ1v) is 12.8. The highest BCUT2D eigenvalue weighted by atomic mass is 16.5. The van der Waals surface area contributed by atoms with E-state index in [4.69, 9.17) is 4.74 Å². The van der Waals surface area contributed by atoms with Gasteiger partial charge in [0.1, 0.15) is 18.3 Å². The number of carbonyl (C=O) groups excluding carboxylic acids is 2. The average molecular weight is 540 g/mol. The fourth-order valence-corrected chi connectivity index (χ4v) is 4.93. The molecular weight excluding hydrogens is 510 g/mol. The molecule has 10 nitrogen and oxygen atoms in total. The minimum Gasteiger partial charge on any atom is -0.480 e. The van der Waals surface area contributed by atoms with Crippen molar-refractivity contribution in [3.8, 4) is 11.1 Å². The third kappa shape index (κ3) is 6.02. The topological polar surface area (TPSA) is 137 Å². The van der Waals surface area contributed by atoms with E-state index in [-0.39, 0.29) is 30.6 Å². The van der Waals surface area contributed by atoms with Crippen LogP contribution in [0.5, 0.6) is 0 Å². The zero-order chi connectivity index (χ0) is 28.1. The Morgan fingerprint density at radius 3 is 2.25 bits per heavy atom. The van der Waals surface area contributed by atoms with Crippen molar-refractivity contribution in [3.05, 3.63) is 107 Å². The second-order valence-electron chi connectivity index (χ2n) is 9.66. The van der Waals surface area contributed by atoms with Gasteiger partial charge in [-0.2, -0.15) is 5.10 Å². The Bertz CT molecular complexity index is 1470. The Morgan fingerprint density at radius 1 is 0.975 bits per heavy atom. The van der Waals surface area contributed by atoms with Gasteiger partial charge in [0.15, 0.2) is 5.82 Å². The first-order chi connectivity index (χ1) is 19.4. The van der Waals surface area contributed by atoms with Crippen LogP contribution in [0.3, 0.4) is 0 Å². The summed E-state index contributed by atoms with van der Waals surface area (Å²) < 4.78 is 5.51. The SMILES string of the molecule is CN(Cc1ccccc1)CC(NC(=O)c1cc(NC(=O)OCC2c3ccccc3-c3ccccc32)n[nH]1)C(=O)O. The van der Waals surface area contributed by atoms with E-state index in [1.165, 1.54) is 6.07 Å². The summed E-state index contributed by atoms with van der Waals surface area (Å²) in [5.74, 6) is -1.83. The number of nitrogens with zero attached hydrogens (tertiary/aromatic N) is 2.